The van der Waals surface area contributed by atoms with Crippen molar-refractivity contribution in [1.82, 2.24) is 10.2 Å². The maximum atomic E-state index is 12.4. The van der Waals surface area contributed by atoms with Gasteiger partial charge in [0, 0.05) is 4.47 Å². The van der Waals surface area contributed by atoms with Crippen LogP contribution in [-0.4, -0.2) is 29.2 Å². The number of carbonyl (C=O) groups is 3. The third-order valence-electron chi connectivity index (χ3n) is 4.96. The van der Waals surface area contributed by atoms with E-state index in [1.807, 2.05) is 31.2 Å². The molecule has 1 heterocycles. The van der Waals surface area contributed by atoms with Gasteiger partial charge in [-0.05, 0) is 37.5 Å². The van der Waals surface area contributed by atoms with Crippen LogP contribution in [0, 0.1) is 11.8 Å². The molecule has 6 heteroatoms. The average Bonchev–Trinajstić information content (AvgIpc) is 2.80. The monoisotopic (exact) mass is 392 g/mol. The van der Waals surface area contributed by atoms with E-state index in [1.54, 1.807) is 0 Å². The van der Waals surface area contributed by atoms with Gasteiger partial charge in [-0.2, -0.15) is 0 Å². The summed E-state index contributed by atoms with van der Waals surface area (Å²) in [5.41, 5.74) is 0.963. The molecule has 3 atom stereocenters. The second kappa shape index (κ2) is 7.05. The van der Waals surface area contributed by atoms with Crippen LogP contribution in [0.3, 0.4) is 0 Å². The molecular formula is C18H21BrN2O3. The summed E-state index contributed by atoms with van der Waals surface area (Å²) in [4.78, 5) is 38.3. The molecule has 0 spiro atoms. The average molecular weight is 393 g/mol. The van der Waals surface area contributed by atoms with E-state index in [0.717, 1.165) is 40.6 Å². The van der Waals surface area contributed by atoms with Crippen LogP contribution in [0.15, 0.2) is 28.7 Å². The minimum atomic E-state index is -0.303. The van der Waals surface area contributed by atoms with Crippen molar-refractivity contribution in [2.75, 3.05) is 6.54 Å². The molecule has 0 radical (unpaired) electrons. The lowest BCUT2D eigenvalue weighted by molar-refractivity contribution is -0.143. The topological polar surface area (TPSA) is 66.5 Å². The smallest absolute Gasteiger partial charge is 0.240 e. The van der Waals surface area contributed by atoms with Gasteiger partial charge in [0.05, 0.1) is 17.9 Å². The SMILES string of the molecule is C[C@@H](NC(=O)CN1C(=O)[C@H]2CCCC[C@H]2C1=O)c1cccc(Br)c1. The number of likely N-dealkylation sites (tertiary alicyclic amines) is 1. The van der Waals surface area contributed by atoms with Crippen LogP contribution in [-0.2, 0) is 14.4 Å². The highest BCUT2D eigenvalue weighted by Gasteiger charge is 2.48. The number of imide groups is 1. The molecule has 5 nitrogen and oxygen atoms in total. The number of benzene rings is 1. The van der Waals surface area contributed by atoms with Crippen molar-refractivity contribution in [1.29, 1.82) is 0 Å². The molecule has 1 aromatic carbocycles. The number of rotatable bonds is 4. The Morgan fingerprint density at radius 2 is 1.88 bits per heavy atom. The van der Waals surface area contributed by atoms with Crippen LogP contribution < -0.4 is 5.32 Å². The molecule has 0 bridgehead atoms. The normalized spacial score (nSPS) is 24.7. The molecule has 2 aliphatic rings. The quantitative estimate of drug-likeness (QED) is 0.801. The number of carbonyl (C=O) groups excluding carboxylic acids is 3. The predicted octanol–water partition coefficient (Wildman–Crippen LogP) is 2.80. The summed E-state index contributed by atoms with van der Waals surface area (Å²) in [6, 6.07) is 7.49. The molecule has 0 unspecified atom stereocenters. The van der Waals surface area contributed by atoms with Crippen molar-refractivity contribution in [3.8, 4) is 0 Å². The van der Waals surface area contributed by atoms with Crippen LogP contribution in [0.2, 0.25) is 0 Å². The van der Waals surface area contributed by atoms with E-state index < -0.39 is 0 Å². The van der Waals surface area contributed by atoms with Crippen molar-refractivity contribution in [2.45, 2.75) is 38.6 Å². The zero-order valence-corrected chi connectivity index (χ0v) is 15.2. The predicted molar refractivity (Wildman–Crippen MR) is 92.9 cm³/mol. The summed E-state index contributed by atoms with van der Waals surface area (Å²) >= 11 is 3.41. The van der Waals surface area contributed by atoms with Gasteiger partial charge in [0.1, 0.15) is 6.54 Å². The summed E-state index contributed by atoms with van der Waals surface area (Å²) in [7, 11) is 0. The third-order valence-corrected chi connectivity index (χ3v) is 5.45. The molecule has 3 amide bonds. The standard InChI is InChI=1S/C18H21BrN2O3/c1-11(12-5-4-6-13(19)9-12)20-16(22)10-21-17(23)14-7-2-3-8-15(14)18(21)24/h4-6,9,11,14-15H,2-3,7-8,10H2,1H3,(H,20,22)/t11-,14-,15+/m1/s1. The van der Waals surface area contributed by atoms with E-state index >= 15 is 0 Å². The minimum absolute atomic E-state index is 0.171. The van der Waals surface area contributed by atoms with Gasteiger partial charge in [-0.1, -0.05) is 40.9 Å². The highest BCUT2D eigenvalue weighted by Crippen LogP contribution is 2.37. The number of nitrogens with one attached hydrogen (secondary N) is 1. The van der Waals surface area contributed by atoms with Crippen LogP contribution in [0.5, 0.6) is 0 Å². The molecule has 1 aromatic rings. The van der Waals surface area contributed by atoms with Gasteiger partial charge in [-0.15, -0.1) is 0 Å². The van der Waals surface area contributed by atoms with E-state index in [4.69, 9.17) is 0 Å². The Kier molecular flexibility index (Phi) is 5.04. The number of nitrogens with zero attached hydrogens (tertiary/aromatic N) is 1. The summed E-state index contributed by atoms with van der Waals surface area (Å²) in [6.07, 6.45) is 3.50. The van der Waals surface area contributed by atoms with E-state index in [2.05, 4.69) is 21.2 Å². The van der Waals surface area contributed by atoms with Gasteiger partial charge < -0.3 is 5.32 Å². The lowest BCUT2D eigenvalue weighted by atomic mass is 9.81. The number of hydrogen-bond acceptors (Lipinski definition) is 3. The molecule has 1 aliphatic carbocycles. The summed E-state index contributed by atoms with van der Waals surface area (Å²) < 4.78 is 0.940. The van der Waals surface area contributed by atoms with Crippen molar-refractivity contribution in [2.24, 2.45) is 11.8 Å². The lowest BCUT2D eigenvalue weighted by Crippen LogP contribution is -2.41. The number of amides is 3. The van der Waals surface area contributed by atoms with Crippen LogP contribution in [0.1, 0.15) is 44.2 Å². The largest absolute Gasteiger partial charge is 0.348 e. The zero-order valence-electron chi connectivity index (χ0n) is 13.6. The summed E-state index contributed by atoms with van der Waals surface area (Å²) in [5, 5.41) is 2.87. The van der Waals surface area contributed by atoms with Gasteiger partial charge in [-0.25, -0.2) is 0 Å². The first kappa shape index (κ1) is 17.1. The zero-order chi connectivity index (χ0) is 17.3. The Balaban J connectivity index is 1.62. The fourth-order valence-corrected chi connectivity index (χ4v) is 4.09. The number of hydrogen-bond donors (Lipinski definition) is 1. The van der Waals surface area contributed by atoms with E-state index in [-0.39, 0.29) is 42.1 Å². The fourth-order valence-electron chi connectivity index (χ4n) is 3.68. The Hall–Kier alpha value is -1.69. The summed E-state index contributed by atoms with van der Waals surface area (Å²) in [5.74, 6) is -1.06. The van der Waals surface area contributed by atoms with Crippen molar-refractivity contribution >= 4 is 33.7 Å². The molecule has 1 aliphatic heterocycles. The second-order valence-electron chi connectivity index (χ2n) is 6.60. The first-order valence-corrected chi connectivity index (χ1v) is 9.16. The fraction of sp³-hybridized carbons (Fsp3) is 0.500. The van der Waals surface area contributed by atoms with Crippen LogP contribution >= 0.6 is 15.9 Å². The molecule has 0 aromatic heterocycles. The van der Waals surface area contributed by atoms with Crippen LogP contribution in [0.4, 0.5) is 0 Å². The van der Waals surface area contributed by atoms with Gasteiger partial charge in [0.2, 0.25) is 17.7 Å². The van der Waals surface area contributed by atoms with E-state index in [9.17, 15) is 14.4 Å². The molecule has 24 heavy (non-hydrogen) atoms. The Labute approximate surface area is 149 Å². The lowest BCUT2D eigenvalue weighted by Gasteiger charge is -2.19. The van der Waals surface area contributed by atoms with E-state index in [0.29, 0.717) is 0 Å². The maximum Gasteiger partial charge on any atom is 0.240 e. The summed E-state index contributed by atoms with van der Waals surface area (Å²) in [6.45, 7) is 1.70. The second-order valence-corrected chi connectivity index (χ2v) is 7.52. The van der Waals surface area contributed by atoms with Gasteiger partial charge in [0.25, 0.3) is 0 Å². The number of fused-ring (bicyclic) bond motifs is 1. The molecular weight excluding hydrogens is 372 g/mol. The minimum Gasteiger partial charge on any atom is -0.348 e. The van der Waals surface area contributed by atoms with Gasteiger partial charge >= 0.3 is 0 Å². The van der Waals surface area contributed by atoms with Gasteiger partial charge in [-0.3, -0.25) is 19.3 Å². The highest BCUT2D eigenvalue weighted by molar-refractivity contribution is 9.10. The molecule has 1 N–H and O–H groups in total. The van der Waals surface area contributed by atoms with Crippen LogP contribution in [0.25, 0.3) is 0 Å². The van der Waals surface area contributed by atoms with Gasteiger partial charge in [0.15, 0.2) is 0 Å². The van der Waals surface area contributed by atoms with E-state index in [1.165, 1.54) is 0 Å². The molecule has 128 valence electrons. The Morgan fingerprint density at radius 1 is 1.25 bits per heavy atom. The first-order chi connectivity index (χ1) is 11.5. The van der Waals surface area contributed by atoms with Crippen molar-refractivity contribution in [3.63, 3.8) is 0 Å². The maximum absolute atomic E-state index is 12.4. The Bertz CT molecular complexity index is 652. The Morgan fingerprint density at radius 3 is 2.46 bits per heavy atom. The highest BCUT2D eigenvalue weighted by atomic mass is 79.9. The first-order valence-electron chi connectivity index (χ1n) is 8.37. The molecule has 1 saturated carbocycles. The van der Waals surface area contributed by atoms with Crippen molar-refractivity contribution < 1.29 is 14.4 Å². The third kappa shape index (κ3) is 3.38. The van der Waals surface area contributed by atoms with Crippen molar-refractivity contribution in [3.05, 3.63) is 34.3 Å². The molecule has 2 fully saturated rings. The molecule has 1 saturated heterocycles. The molecule has 3 rings (SSSR count). The number of halogens is 1.